The molecule has 0 bridgehead atoms. The van der Waals surface area contributed by atoms with E-state index in [1.54, 1.807) is 11.9 Å². The van der Waals surface area contributed by atoms with Gasteiger partial charge >= 0.3 is 6.18 Å². The molecule has 2 rings (SSSR count). The molecule has 2 aliphatic rings. The van der Waals surface area contributed by atoms with Gasteiger partial charge in [-0.2, -0.15) is 13.2 Å². The summed E-state index contributed by atoms with van der Waals surface area (Å²) >= 11 is 0. The van der Waals surface area contributed by atoms with Crippen LogP contribution >= 0.6 is 0 Å². The Morgan fingerprint density at radius 2 is 1.91 bits per heavy atom. The second-order valence-electron chi connectivity index (χ2n) is 7.57. The molecule has 0 aromatic heterocycles. The van der Waals surface area contributed by atoms with Crippen LogP contribution in [0.3, 0.4) is 0 Å². The monoisotopic (exact) mass is 335 g/mol. The maximum Gasteiger partial charge on any atom is 0.391 e. The molecule has 2 saturated carbocycles. The molecule has 4 atom stereocenters. The first kappa shape index (κ1) is 18.6. The Balaban J connectivity index is 1.98. The van der Waals surface area contributed by atoms with E-state index in [1.165, 1.54) is 0 Å². The Hall–Kier alpha value is -0.780. The molecule has 2 aliphatic carbocycles. The molecule has 0 radical (unpaired) electrons. The van der Waals surface area contributed by atoms with Crippen molar-refractivity contribution in [3.05, 3.63) is 0 Å². The molecule has 0 saturated heterocycles. The SMILES string of the molecule is CCO[C@@H]1C[C@H](N(C)C(=O)[C@@H]2CCC[C@@H](C(F)(F)F)C2)C1(C)C. The molecule has 2 fully saturated rings. The van der Waals surface area contributed by atoms with Crippen molar-refractivity contribution in [3.8, 4) is 0 Å². The summed E-state index contributed by atoms with van der Waals surface area (Å²) in [5.74, 6) is -1.96. The van der Waals surface area contributed by atoms with Crippen LogP contribution in [0.2, 0.25) is 0 Å². The van der Waals surface area contributed by atoms with Crippen molar-refractivity contribution < 1.29 is 22.7 Å². The number of hydrogen-bond donors (Lipinski definition) is 0. The molecule has 0 aromatic carbocycles. The predicted octanol–water partition coefficient (Wildman–Crippen LogP) is 4.02. The van der Waals surface area contributed by atoms with Gasteiger partial charge in [0.1, 0.15) is 0 Å². The van der Waals surface area contributed by atoms with Gasteiger partial charge in [-0.1, -0.05) is 20.3 Å². The zero-order valence-electron chi connectivity index (χ0n) is 14.4. The number of amides is 1. The van der Waals surface area contributed by atoms with Gasteiger partial charge in [0.25, 0.3) is 0 Å². The third-order valence-electron chi connectivity index (χ3n) is 5.80. The highest BCUT2D eigenvalue weighted by Crippen LogP contribution is 2.47. The summed E-state index contributed by atoms with van der Waals surface area (Å²) in [7, 11) is 1.73. The van der Waals surface area contributed by atoms with Crippen LogP contribution in [0.4, 0.5) is 13.2 Å². The van der Waals surface area contributed by atoms with Crippen molar-refractivity contribution in [3.63, 3.8) is 0 Å². The molecule has 0 aromatic rings. The van der Waals surface area contributed by atoms with Gasteiger partial charge in [-0.05, 0) is 32.6 Å². The number of halogens is 3. The van der Waals surface area contributed by atoms with E-state index < -0.39 is 18.0 Å². The molecular weight excluding hydrogens is 307 g/mol. The minimum atomic E-state index is -4.19. The topological polar surface area (TPSA) is 29.5 Å². The fourth-order valence-electron chi connectivity index (χ4n) is 4.16. The quantitative estimate of drug-likeness (QED) is 0.777. The average Bonchev–Trinajstić information content (AvgIpc) is 2.49. The van der Waals surface area contributed by atoms with Gasteiger partial charge in [0.05, 0.1) is 12.0 Å². The van der Waals surface area contributed by atoms with Crippen LogP contribution in [0, 0.1) is 17.3 Å². The molecule has 0 aliphatic heterocycles. The van der Waals surface area contributed by atoms with E-state index in [2.05, 4.69) is 13.8 Å². The summed E-state index contributed by atoms with van der Waals surface area (Å²) < 4.78 is 44.5. The normalized spacial score (nSPS) is 33.9. The Bertz CT molecular complexity index is 436. The van der Waals surface area contributed by atoms with Gasteiger partial charge in [-0.3, -0.25) is 4.79 Å². The van der Waals surface area contributed by atoms with Gasteiger partial charge in [0, 0.05) is 31.0 Å². The number of alkyl halides is 3. The lowest BCUT2D eigenvalue weighted by atomic mass is 9.63. The van der Waals surface area contributed by atoms with E-state index in [0.29, 0.717) is 19.4 Å². The highest BCUT2D eigenvalue weighted by atomic mass is 19.4. The molecule has 0 unspecified atom stereocenters. The van der Waals surface area contributed by atoms with Gasteiger partial charge in [-0.25, -0.2) is 0 Å². The zero-order valence-corrected chi connectivity index (χ0v) is 14.4. The third kappa shape index (κ3) is 3.67. The minimum absolute atomic E-state index is 0.0396. The van der Waals surface area contributed by atoms with Crippen molar-refractivity contribution >= 4 is 5.91 Å². The van der Waals surface area contributed by atoms with Crippen molar-refractivity contribution in [1.82, 2.24) is 4.90 Å². The van der Waals surface area contributed by atoms with Crippen molar-refractivity contribution in [2.24, 2.45) is 17.3 Å². The third-order valence-corrected chi connectivity index (χ3v) is 5.80. The Labute approximate surface area is 136 Å². The number of ether oxygens (including phenoxy) is 1. The predicted molar refractivity (Wildman–Crippen MR) is 81.9 cm³/mol. The Morgan fingerprint density at radius 3 is 2.43 bits per heavy atom. The van der Waals surface area contributed by atoms with E-state index in [0.717, 1.165) is 6.42 Å². The Kier molecular flexibility index (Phi) is 5.34. The number of carbonyl (C=O) groups excluding carboxylic acids is 1. The maximum atomic E-state index is 12.9. The first-order valence-electron chi connectivity index (χ1n) is 8.54. The van der Waals surface area contributed by atoms with E-state index >= 15 is 0 Å². The number of rotatable bonds is 4. The summed E-state index contributed by atoms with van der Waals surface area (Å²) in [4.78, 5) is 14.4. The fraction of sp³-hybridized carbons (Fsp3) is 0.941. The lowest BCUT2D eigenvalue weighted by Gasteiger charge is -2.55. The van der Waals surface area contributed by atoms with Crippen molar-refractivity contribution in [2.75, 3.05) is 13.7 Å². The highest BCUT2D eigenvalue weighted by Gasteiger charge is 2.53. The number of carbonyl (C=O) groups is 1. The average molecular weight is 335 g/mol. The molecule has 6 heteroatoms. The van der Waals surface area contributed by atoms with Crippen LogP contribution in [0.15, 0.2) is 0 Å². The second kappa shape index (κ2) is 6.61. The number of nitrogens with zero attached hydrogens (tertiary/aromatic N) is 1. The van der Waals surface area contributed by atoms with Gasteiger partial charge in [0.15, 0.2) is 0 Å². The fourth-order valence-corrected chi connectivity index (χ4v) is 4.16. The first-order chi connectivity index (χ1) is 10.6. The summed E-state index contributed by atoms with van der Waals surface area (Å²) in [6, 6.07) is 0.0396. The second-order valence-corrected chi connectivity index (χ2v) is 7.57. The van der Waals surface area contributed by atoms with Crippen molar-refractivity contribution in [2.45, 2.75) is 71.2 Å². The number of hydrogen-bond acceptors (Lipinski definition) is 2. The van der Waals surface area contributed by atoms with Crippen LogP contribution in [-0.4, -0.2) is 42.8 Å². The van der Waals surface area contributed by atoms with Gasteiger partial charge in [0.2, 0.25) is 5.91 Å². The largest absolute Gasteiger partial charge is 0.391 e. The molecule has 0 N–H and O–H groups in total. The Morgan fingerprint density at radius 1 is 1.26 bits per heavy atom. The van der Waals surface area contributed by atoms with Crippen LogP contribution < -0.4 is 0 Å². The molecule has 0 spiro atoms. The summed E-state index contributed by atoms with van der Waals surface area (Å²) in [6.45, 7) is 6.70. The standard InChI is InChI=1S/C17H28F3NO2/c1-5-23-14-10-13(16(14,2)3)21(4)15(22)11-7-6-8-12(9-11)17(18,19)20/h11-14H,5-10H2,1-4H3/t11-,12-,13+,14-/m1/s1. The molecule has 134 valence electrons. The lowest BCUT2D eigenvalue weighted by Crippen LogP contribution is -2.63. The minimum Gasteiger partial charge on any atom is -0.378 e. The first-order valence-corrected chi connectivity index (χ1v) is 8.54. The van der Waals surface area contributed by atoms with Crippen LogP contribution in [-0.2, 0) is 9.53 Å². The maximum absolute atomic E-state index is 12.9. The van der Waals surface area contributed by atoms with Crippen molar-refractivity contribution in [1.29, 1.82) is 0 Å². The smallest absolute Gasteiger partial charge is 0.378 e. The zero-order chi connectivity index (χ0) is 17.4. The van der Waals surface area contributed by atoms with E-state index in [-0.39, 0.29) is 36.3 Å². The summed E-state index contributed by atoms with van der Waals surface area (Å²) in [5, 5.41) is 0. The van der Waals surface area contributed by atoms with E-state index in [4.69, 9.17) is 4.74 Å². The summed E-state index contributed by atoms with van der Waals surface area (Å²) in [6.07, 6.45) is -2.18. The van der Waals surface area contributed by atoms with Crippen LogP contribution in [0.1, 0.15) is 52.9 Å². The summed E-state index contributed by atoms with van der Waals surface area (Å²) in [5.41, 5.74) is -0.154. The lowest BCUT2D eigenvalue weighted by molar-refractivity contribution is -0.190. The molecule has 3 nitrogen and oxygen atoms in total. The highest BCUT2D eigenvalue weighted by molar-refractivity contribution is 5.79. The van der Waals surface area contributed by atoms with Crippen LogP contribution in [0.5, 0.6) is 0 Å². The van der Waals surface area contributed by atoms with Gasteiger partial charge in [-0.15, -0.1) is 0 Å². The molecule has 23 heavy (non-hydrogen) atoms. The van der Waals surface area contributed by atoms with E-state index in [1.807, 2.05) is 6.92 Å². The molecular formula is C17H28F3NO2. The van der Waals surface area contributed by atoms with Gasteiger partial charge < -0.3 is 9.64 Å². The molecule has 0 heterocycles. The van der Waals surface area contributed by atoms with Crippen LogP contribution in [0.25, 0.3) is 0 Å². The molecule has 1 amide bonds. The van der Waals surface area contributed by atoms with E-state index in [9.17, 15) is 18.0 Å².